The third-order valence-corrected chi connectivity index (χ3v) is 6.73. The van der Waals surface area contributed by atoms with Crippen LogP contribution in [0.5, 0.6) is 23.0 Å². The van der Waals surface area contributed by atoms with E-state index in [0.29, 0.717) is 34.4 Å². The summed E-state index contributed by atoms with van der Waals surface area (Å²) in [5.74, 6) is 2.01. The number of anilines is 2. The molecular weight excluding hydrogens is 540 g/mol. The molecule has 0 bridgehead atoms. The standard InChI is InChI=1S/C36H28N2O5/c39-35(23-41-33-13-5-9-25-7-1-3-11-31(25)33)37-27-15-19-29(20-16-27)43-30-21-17-28(18-22-30)38-36(40)24-42-34-14-6-10-26-8-2-4-12-32(26)34/h1-22H,23-24H2,(H,37,39)(H,38,40). The van der Waals surface area contributed by atoms with Gasteiger partial charge in [-0.25, -0.2) is 0 Å². The van der Waals surface area contributed by atoms with Gasteiger partial charge in [-0.05, 0) is 71.4 Å². The maximum Gasteiger partial charge on any atom is 0.262 e. The number of ether oxygens (including phenoxy) is 3. The van der Waals surface area contributed by atoms with E-state index in [1.807, 2.05) is 84.9 Å². The average Bonchev–Trinajstić information content (AvgIpc) is 3.04. The maximum absolute atomic E-state index is 12.5. The minimum Gasteiger partial charge on any atom is -0.483 e. The van der Waals surface area contributed by atoms with Crippen LogP contribution in [0.3, 0.4) is 0 Å². The zero-order valence-corrected chi connectivity index (χ0v) is 23.2. The quantitative estimate of drug-likeness (QED) is 0.176. The molecule has 0 aliphatic rings. The Balaban J connectivity index is 0.969. The van der Waals surface area contributed by atoms with Crippen molar-refractivity contribution >= 4 is 44.7 Å². The normalized spacial score (nSPS) is 10.7. The van der Waals surface area contributed by atoms with Crippen molar-refractivity contribution in [1.29, 1.82) is 0 Å². The Morgan fingerprint density at radius 1 is 0.465 bits per heavy atom. The zero-order chi connectivity index (χ0) is 29.4. The predicted molar refractivity (Wildman–Crippen MR) is 169 cm³/mol. The predicted octanol–water partition coefficient (Wildman–Crippen LogP) is 7.82. The van der Waals surface area contributed by atoms with Gasteiger partial charge < -0.3 is 24.8 Å². The van der Waals surface area contributed by atoms with Gasteiger partial charge in [0.05, 0.1) is 0 Å². The van der Waals surface area contributed by atoms with E-state index in [0.717, 1.165) is 21.5 Å². The number of carbonyl (C=O) groups excluding carboxylic acids is 2. The van der Waals surface area contributed by atoms with Crippen LogP contribution >= 0.6 is 0 Å². The molecule has 0 atom stereocenters. The Hall–Kier alpha value is -5.82. The van der Waals surface area contributed by atoms with Crippen LogP contribution in [0.15, 0.2) is 133 Å². The summed E-state index contributed by atoms with van der Waals surface area (Å²) in [6.07, 6.45) is 0. The van der Waals surface area contributed by atoms with Crippen molar-refractivity contribution in [2.45, 2.75) is 0 Å². The van der Waals surface area contributed by atoms with Crippen LogP contribution < -0.4 is 24.8 Å². The number of benzene rings is 6. The van der Waals surface area contributed by atoms with E-state index in [9.17, 15) is 9.59 Å². The van der Waals surface area contributed by atoms with Gasteiger partial charge in [0.25, 0.3) is 11.8 Å². The molecule has 6 aromatic rings. The molecule has 212 valence electrons. The minimum absolute atomic E-state index is 0.107. The van der Waals surface area contributed by atoms with Gasteiger partial charge in [0.15, 0.2) is 13.2 Å². The molecule has 0 spiro atoms. The Kier molecular flexibility index (Phi) is 8.13. The van der Waals surface area contributed by atoms with Crippen molar-refractivity contribution in [3.05, 3.63) is 133 Å². The van der Waals surface area contributed by atoms with Crippen LogP contribution in [0.2, 0.25) is 0 Å². The lowest BCUT2D eigenvalue weighted by molar-refractivity contribution is -0.118. The van der Waals surface area contributed by atoms with E-state index in [1.54, 1.807) is 48.5 Å². The highest BCUT2D eigenvalue weighted by Gasteiger charge is 2.09. The average molecular weight is 569 g/mol. The number of carbonyl (C=O) groups is 2. The van der Waals surface area contributed by atoms with Gasteiger partial charge >= 0.3 is 0 Å². The zero-order valence-electron chi connectivity index (χ0n) is 23.2. The minimum atomic E-state index is -0.262. The lowest BCUT2D eigenvalue weighted by Gasteiger charge is -2.11. The third-order valence-electron chi connectivity index (χ3n) is 6.73. The first-order valence-electron chi connectivity index (χ1n) is 13.8. The summed E-state index contributed by atoms with van der Waals surface area (Å²) < 4.78 is 17.5. The van der Waals surface area contributed by atoms with Crippen molar-refractivity contribution in [3.8, 4) is 23.0 Å². The Labute approximate surface area is 248 Å². The van der Waals surface area contributed by atoms with Gasteiger partial charge in [-0.15, -0.1) is 0 Å². The summed E-state index contributed by atoms with van der Waals surface area (Å²) in [6.45, 7) is -0.213. The van der Waals surface area contributed by atoms with E-state index >= 15 is 0 Å². The largest absolute Gasteiger partial charge is 0.483 e. The number of nitrogens with one attached hydrogen (secondary N) is 2. The highest BCUT2D eigenvalue weighted by Crippen LogP contribution is 2.27. The van der Waals surface area contributed by atoms with Crippen molar-refractivity contribution in [2.75, 3.05) is 23.8 Å². The number of fused-ring (bicyclic) bond motifs is 2. The summed E-state index contributed by atoms with van der Waals surface area (Å²) in [5, 5.41) is 9.70. The molecule has 0 aliphatic heterocycles. The fraction of sp³-hybridized carbons (Fsp3) is 0.0556. The second-order valence-electron chi connectivity index (χ2n) is 9.78. The first-order valence-corrected chi connectivity index (χ1v) is 13.8. The molecule has 43 heavy (non-hydrogen) atoms. The van der Waals surface area contributed by atoms with Gasteiger partial charge in [-0.1, -0.05) is 72.8 Å². The Morgan fingerprint density at radius 3 is 1.30 bits per heavy atom. The molecule has 7 heteroatoms. The SMILES string of the molecule is O=C(COc1cccc2ccccc12)Nc1ccc(Oc2ccc(NC(=O)COc3cccc4ccccc34)cc2)cc1. The van der Waals surface area contributed by atoms with E-state index in [4.69, 9.17) is 14.2 Å². The molecule has 7 nitrogen and oxygen atoms in total. The van der Waals surface area contributed by atoms with Crippen LogP contribution in [-0.2, 0) is 9.59 Å². The highest BCUT2D eigenvalue weighted by molar-refractivity contribution is 5.94. The van der Waals surface area contributed by atoms with E-state index in [1.165, 1.54) is 0 Å². The maximum atomic E-state index is 12.5. The fourth-order valence-corrected chi connectivity index (χ4v) is 4.67. The molecule has 0 aliphatic carbocycles. The van der Waals surface area contributed by atoms with E-state index in [2.05, 4.69) is 10.6 Å². The van der Waals surface area contributed by atoms with Crippen LogP contribution in [0.1, 0.15) is 0 Å². The summed E-state index contributed by atoms with van der Waals surface area (Å²) in [4.78, 5) is 24.9. The lowest BCUT2D eigenvalue weighted by atomic mass is 10.1. The van der Waals surface area contributed by atoms with Crippen molar-refractivity contribution in [2.24, 2.45) is 0 Å². The van der Waals surface area contributed by atoms with Gasteiger partial charge in [-0.3, -0.25) is 9.59 Å². The summed E-state index contributed by atoms with van der Waals surface area (Å²) in [6, 6.07) is 41.4. The van der Waals surface area contributed by atoms with Gasteiger partial charge in [0.1, 0.15) is 23.0 Å². The molecule has 0 radical (unpaired) electrons. The second-order valence-corrected chi connectivity index (χ2v) is 9.78. The third kappa shape index (κ3) is 6.92. The molecule has 0 unspecified atom stereocenters. The van der Waals surface area contributed by atoms with Crippen LogP contribution in [-0.4, -0.2) is 25.0 Å². The first-order chi connectivity index (χ1) is 21.1. The molecule has 0 fully saturated rings. The number of hydrogen-bond acceptors (Lipinski definition) is 5. The fourth-order valence-electron chi connectivity index (χ4n) is 4.67. The first kappa shape index (κ1) is 27.4. The summed E-state index contributed by atoms with van der Waals surface area (Å²) >= 11 is 0. The molecule has 0 saturated heterocycles. The Morgan fingerprint density at radius 2 is 0.860 bits per heavy atom. The summed E-state index contributed by atoms with van der Waals surface area (Å²) in [7, 11) is 0. The highest BCUT2D eigenvalue weighted by atomic mass is 16.5. The monoisotopic (exact) mass is 568 g/mol. The number of rotatable bonds is 10. The van der Waals surface area contributed by atoms with E-state index in [-0.39, 0.29) is 25.0 Å². The van der Waals surface area contributed by atoms with Crippen LogP contribution in [0.4, 0.5) is 11.4 Å². The molecule has 6 aromatic carbocycles. The number of hydrogen-bond donors (Lipinski definition) is 2. The Bertz CT molecular complexity index is 1740. The van der Waals surface area contributed by atoms with Gasteiger partial charge in [-0.2, -0.15) is 0 Å². The summed E-state index contributed by atoms with van der Waals surface area (Å²) in [5.41, 5.74) is 1.25. The molecular formula is C36H28N2O5. The van der Waals surface area contributed by atoms with Gasteiger partial charge in [0.2, 0.25) is 0 Å². The second kappa shape index (κ2) is 12.8. The van der Waals surface area contributed by atoms with Crippen molar-refractivity contribution in [3.63, 3.8) is 0 Å². The van der Waals surface area contributed by atoms with Crippen LogP contribution in [0.25, 0.3) is 21.5 Å². The molecule has 0 heterocycles. The molecule has 2 N–H and O–H groups in total. The van der Waals surface area contributed by atoms with Crippen molar-refractivity contribution in [1.82, 2.24) is 0 Å². The number of amides is 2. The van der Waals surface area contributed by atoms with Crippen molar-refractivity contribution < 1.29 is 23.8 Å². The molecule has 0 aromatic heterocycles. The molecule has 0 saturated carbocycles. The topological polar surface area (TPSA) is 85.9 Å². The lowest BCUT2D eigenvalue weighted by Crippen LogP contribution is -2.20. The molecule has 2 amide bonds. The smallest absolute Gasteiger partial charge is 0.262 e. The molecule has 6 rings (SSSR count). The van der Waals surface area contributed by atoms with Crippen LogP contribution in [0, 0.1) is 0 Å². The van der Waals surface area contributed by atoms with Gasteiger partial charge in [0, 0.05) is 22.1 Å². The van der Waals surface area contributed by atoms with E-state index < -0.39 is 0 Å².